The molecule has 3 rings (SSSR count). The van der Waals surface area contributed by atoms with Gasteiger partial charge in [-0.2, -0.15) is 0 Å². The van der Waals surface area contributed by atoms with Crippen LogP contribution >= 0.6 is 0 Å². The molecule has 5 heteroatoms. The molecule has 1 unspecified atom stereocenters. The van der Waals surface area contributed by atoms with Crippen molar-refractivity contribution >= 4 is 17.4 Å². The van der Waals surface area contributed by atoms with Gasteiger partial charge in [0.2, 0.25) is 0 Å². The topological polar surface area (TPSA) is 48.0 Å². The first-order valence-electron chi connectivity index (χ1n) is 8.45. The van der Waals surface area contributed by atoms with E-state index in [-0.39, 0.29) is 12.1 Å². The minimum atomic E-state index is -0.369. The molecule has 1 heterocycles. The van der Waals surface area contributed by atoms with Crippen molar-refractivity contribution in [2.45, 2.75) is 19.4 Å². The number of rotatable bonds is 4. The Balaban J connectivity index is 1.98. The van der Waals surface area contributed by atoms with Gasteiger partial charge in [0.1, 0.15) is 0 Å². The molecular formula is C21H23NO4. The molecule has 136 valence electrons. The van der Waals surface area contributed by atoms with Gasteiger partial charge in [-0.1, -0.05) is 30.3 Å². The number of amides is 1. The molecule has 1 amide bonds. The summed E-state index contributed by atoms with van der Waals surface area (Å²) < 4.78 is 15.7. The first-order chi connectivity index (χ1) is 12.6. The number of carbonyl (C=O) groups excluding carboxylic acids is 1. The van der Waals surface area contributed by atoms with Crippen LogP contribution in [0, 0.1) is 0 Å². The van der Waals surface area contributed by atoms with Gasteiger partial charge in [-0.05, 0) is 42.7 Å². The third-order valence-electron chi connectivity index (χ3n) is 4.63. The van der Waals surface area contributed by atoms with Gasteiger partial charge in [0.05, 0.1) is 33.1 Å². The largest absolute Gasteiger partial charge is 0.493 e. The van der Waals surface area contributed by atoms with E-state index in [0.29, 0.717) is 17.9 Å². The van der Waals surface area contributed by atoms with Crippen molar-refractivity contribution in [2.75, 3.05) is 26.2 Å². The second kappa shape index (κ2) is 7.52. The SMILES string of the molecule is COC(=O)N1c2ccccc2C(C)=CC1Cc1ccc(OC)c(OC)c1. The summed E-state index contributed by atoms with van der Waals surface area (Å²) in [4.78, 5) is 14.2. The van der Waals surface area contributed by atoms with Crippen molar-refractivity contribution in [1.29, 1.82) is 0 Å². The maximum atomic E-state index is 12.5. The molecule has 0 aromatic heterocycles. The van der Waals surface area contributed by atoms with E-state index in [2.05, 4.69) is 13.0 Å². The molecule has 2 aromatic rings. The van der Waals surface area contributed by atoms with Crippen LogP contribution in [-0.2, 0) is 11.2 Å². The van der Waals surface area contributed by atoms with Crippen molar-refractivity contribution in [1.82, 2.24) is 0 Å². The van der Waals surface area contributed by atoms with Crippen molar-refractivity contribution in [3.8, 4) is 11.5 Å². The van der Waals surface area contributed by atoms with Gasteiger partial charge in [0.25, 0.3) is 0 Å². The van der Waals surface area contributed by atoms with Crippen molar-refractivity contribution in [3.63, 3.8) is 0 Å². The third kappa shape index (κ3) is 3.25. The van der Waals surface area contributed by atoms with Gasteiger partial charge in [0.15, 0.2) is 11.5 Å². The second-order valence-corrected chi connectivity index (χ2v) is 6.17. The van der Waals surface area contributed by atoms with Crippen LogP contribution in [0.15, 0.2) is 48.5 Å². The lowest BCUT2D eigenvalue weighted by Gasteiger charge is -2.34. The van der Waals surface area contributed by atoms with Crippen LogP contribution in [0.1, 0.15) is 18.1 Å². The fourth-order valence-corrected chi connectivity index (χ4v) is 3.38. The van der Waals surface area contributed by atoms with E-state index in [1.54, 1.807) is 19.1 Å². The van der Waals surface area contributed by atoms with Crippen molar-refractivity contribution in [2.24, 2.45) is 0 Å². The number of fused-ring (bicyclic) bond motifs is 1. The van der Waals surface area contributed by atoms with E-state index in [9.17, 15) is 4.79 Å². The van der Waals surface area contributed by atoms with Gasteiger partial charge in [-0.25, -0.2) is 4.79 Å². The molecule has 1 aliphatic rings. The van der Waals surface area contributed by atoms with Crippen LogP contribution in [0.4, 0.5) is 10.5 Å². The summed E-state index contributed by atoms with van der Waals surface area (Å²) in [5, 5.41) is 0. The molecule has 0 saturated heterocycles. The molecule has 2 aromatic carbocycles. The second-order valence-electron chi connectivity index (χ2n) is 6.17. The Bertz CT molecular complexity index is 844. The highest BCUT2D eigenvalue weighted by Crippen LogP contribution is 2.36. The average molecular weight is 353 g/mol. The molecule has 0 spiro atoms. The smallest absolute Gasteiger partial charge is 0.414 e. The number of hydrogen-bond donors (Lipinski definition) is 0. The number of benzene rings is 2. The van der Waals surface area contributed by atoms with Crippen LogP contribution in [-0.4, -0.2) is 33.5 Å². The number of ether oxygens (including phenoxy) is 3. The quantitative estimate of drug-likeness (QED) is 0.822. The fourth-order valence-electron chi connectivity index (χ4n) is 3.38. The lowest BCUT2D eigenvalue weighted by Crippen LogP contribution is -2.43. The Morgan fingerprint density at radius 1 is 1.04 bits per heavy atom. The molecule has 0 radical (unpaired) electrons. The fraction of sp³-hybridized carbons (Fsp3) is 0.286. The summed E-state index contributed by atoms with van der Waals surface area (Å²) in [6, 6.07) is 13.5. The number of carbonyl (C=O) groups is 1. The Morgan fingerprint density at radius 3 is 2.46 bits per heavy atom. The Hall–Kier alpha value is -2.95. The molecule has 26 heavy (non-hydrogen) atoms. The monoisotopic (exact) mass is 353 g/mol. The highest BCUT2D eigenvalue weighted by Gasteiger charge is 2.30. The van der Waals surface area contributed by atoms with E-state index in [0.717, 1.165) is 22.4 Å². The molecule has 1 aliphatic heterocycles. The molecule has 0 bridgehead atoms. The summed E-state index contributed by atoms with van der Waals surface area (Å²) >= 11 is 0. The average Bonchev–Trinajstić information content (AvgIpc) is 2.67. The zero-order valence-corrected chi connectivity index (χ0v) is 15.5. The maximum absolute atomic E-state index is 12.5. The molecule has 5 nitrogen and oxygen atoms in total. The first kappa shape index (κ1) is 17.9. The zero-order chi connectivity index (χ0) is 18.7. The number of methoxy groups -OCH3 is 3. The van der Waals surface area contributed by atoms with Crippen LogP contribution in [0.3, 0.4) is 0 Å². The number of para-hydroxylation sites is 1. The minimum Gasteiger partial charge on any atom is -0.493 e. The standard InChI is InChI=1S/C21H23NO4/c1-14-11-16(12-15-9-10-19(24-2)20(13-15)25-3)22(21(23)26-4)18-8-6-5-7-17(14)18/h5-11,13,16H,12H2,1-4H3. The van der Waals surface area contributed by atoms with Gasteiger partial charge < -0.3 is 14.2 Å². The lowest BCUT2D eigenvalue weighted by molar-refractivity contribution is 0.177. The molecular weight excluding hydrogens is 330 g/mol. The van der Waals surface area contributed by atoms with Gasteiger partial charge >= 0.3 is 6.09 Å². The van der Waals surface area contributed by atoms with Gasteiger partial charge in [0, 0.05) is 5.56 Å². The van der Waals surface area contributed by atoms with Crippen molar-refractivity contribution < 1.29 is 19.0 Å². The first-order valence-corrected chi connectivity index (χ1v) is 8.45. The highest BCUT2D eigenvalue weighted by atomic mass is 16.5. The number of allylic oxidation sites excluding steroid dienone is 1. The van der Waals surface area contributed by atoms with Crippen LogP contribution in [0.25, 0.3) is 5.57 Å². The maximum Gasteiger partial charge on any atom is 0.414 e. The van der Waals surface area contributed by atoms with E-state index in [4.69, 9.17) is 14.2 Å². The summed E-state index contributed by atoms with van der Waals surface area (Å²) in [6.07, 6.45) is 2.38. The Labute approximate surface area is 153 Å². The Kier molecular flexibility index (Phi) is 5.16. The minimum absolute atomic E-state index is 0.143. The molecule has 0 aliphatic carbocycles. The van der Waals surface area contributed by atoms with Crippen LogP contribution in [0.5, 0.6) is 11.5 Å². The van der Waals surface area contributed by atoms with Gasteiger partial charge in [-0.3, -0.25) is 4.90 Å². The van der Waals surface area contributed by atoms with Crippen LogP contribution < -0.4 is 14.4 Å². The lowest BCUT2D eigenvalue weighted by atomic mass is 9.93. The Morgan fingerprint density at radius 2 is 1.77 bits per heavy atom. The van der Waals surface area contributed by atoms with Gasteiger partial charge in [-0.15, -0.1) is 0 Å². The van der Waals surface area contributed by atoms with E-state index >= 15 is 0 Å². The summed E-state index contributed by atoms with van der Waals surface area (Å²) in [7, 11) is 4.63. The number of anilines is 1. The van der Waals surface area contributed by atoms with E-state index in [1.165, 1.54) is 7.11 Å². The summed E-state index contributed by atoms with van der Waals surface area (Å²) in [6.45, 7) is 2.06. The van der Waals surface area contributed by atoms with Crippen LogP contribution in [0.2, 0.25) is 0 Å². The molecule has 0 saturated carbocycles. The normalized spacial score (nSPS) is 15.8. The number of nitrogens with zero attached hydrogens (tertiary/aromatic N) is 1. The van der Waals surface area contributed by atoms with E-state index < -0.39 is 0 Å². The molecule has 1 atom stereocenters. The summed E-state index contributed by atoms with van der Waals surface area (Å²) in [5.41, 5.74) is 4.10. The third-order valence-corrected chi connectivity index (χ3v) is 4.63. The van der Waals surface area contributed by atoms with E-state index in [1.807, 2.05) is 42.5 Å². The summed E-state index contributed by atoms with van der Waals surface area (Å²) in [5.74, 6) is 1.35. The zero-order valence-electron chi connectivity index (χ0n) is 15.5. The predicted molar refractivity (Wildman–Crippen MR) is 102 cm³/mol. The highest BCUT2D eigenvalue weighted by molar-refractivity contribution is 5.95. The van der Waals surface area contributed by atoms with Crippen molar-refractivity contribution in [3.05, 3.63) is 59.7 Å². The molecule has 0 fully saturated rings. The molecule has 0 N–H and O–H groups in total. The predicted octanol–water partition coefficient (Wildman–Crippen LogP) is 4.30. The number of hydrogen-bond acceptors (Lipinski definition) is 4.